The van der Waals surface area contributed by atoms with E-state index in [1.807, 2.05) is 14.1 Å². The van der Waals surface area contributed by atoms with Gasteiger partial charge in [-0.2, -0.15) is 0 Å². The zero-order valence-electron chi connectivity index (χ0n) is 11.6. The van der Waals surface area contributed by atoms with Gasteiger partial charge in [0.05, 0.1) is 11.1 Å². The lowest BCUT2D eigenvalue weighted by Crippen LogP contribution is -2.27. The van der Waals surface area contributed by atoms with Crippen molar-refractivity contribution in [3.8, 4) is 0 Å². The third-order valence-electron chi connectivity index (χ3n) is 2.98. The molecule has 2 aromatic rings. The maximum absolute atomic E-state index is 13.7. The molecule has 20 heavy (non-hydrogen) atoms. The first kappa shape index (κ1) is 14.7. The first-order valence-corrected chi connectivity index (χ1v) is 7.21. The second kappa shape index (κ2) is 6.19. The summed E-state index contributed by atoms with van der Waals surface area (Å²) in [6.45, 7) is 1.48. The summed E-state index contributed by atoms with van der Waals surface area (Å²) in [6, 6.07) is 4.73. The summed E-state index contributed by atoms with van der Waals surface area (Å²) in [7, 11) is 3.96. The van der Waals surface area contributed by atoms with Gasteiger partial charge in [-0.25, -0.2) is 4.39 Å². The van der Waals surface area contributed by atoms with Crippen molar-refractivity contribution in [2.45, 2.75) is 6.42 Å². The zero-order valence-corrected chi connectivity index (χ0v) is 12.4. The van der Waals surface area contributed by atoms with Gasteiger partial charge in [0.25, 0.3) is 5.91 Å². The van der Waals surface area contributed by atoms with Crippen LogP contribution < -0.4 is 11.1 Å². The van der Waals surface area contributed by atoms with Gasteiger partial charge in [0.2, 0.25) is 0 Å². The molecule has 3 N–H and O–H groups in total. The van der Waals surface area contributed by atoms with Crippen LogP contribution in [0.3, 0.4) is 0 Å². The van der Waals surface area contributed by atoms with E-state index in [0.29, 0.717) is 21.5 Å². The van der Waals surface area contributed by atoms with Crippen molar-refractivity contribution in [1.82, 2.24) is 10.2 Å². The predicted molar refractivity (Wildman–Crippen MR) is 81.7 cm³/mol. The molecule has 108 valence electrons. The number of nitrogen functional groups attached to an aromatic ring is 1. The number of nitrogens with two attached hydrogens (primary N) is 1. The minimum Gasteiger partial charge on any atom is -0.397 e. The van der Waals surface area contributed by atoms with Crippen LogP contribution in [-0.4, -0.2) is 38.0 Å². The molecule has 0 fully saturated rings. The van der Waals surface area contributed by atoms with Crippen LogP contribution in [0.25, 0.3) is 10.1 Å². The van der Waals surface area contributed by atoms with Gasteiger partial charge in [0.15, 0.2) is 0 Å². The molecule has 1 heterocycles. The van der Waals surface area contributed by atoms with Crippen LogP contribution in [0.5, 0.6) is 0 Å². The summed E-state index contributed by atoms with van der Waals surface area (Å²) in [5.74, 6) is -0.621. The SMILES string of the molecule is CN(C)CCCNC(=O)c1sc2cccc(F)c2c1N. The van der Waals surface area contributed by atoms with Gasteiger partial charge in [-0.15, -0.1) is 11.3 Å². The molecule has 0 aliphatic carbocycles. The Morgan fingerprint density at radius 2 is 2.20 bits per heavy atom. The Morgan fingerprint density at radius 3 is 2.85 bits per heavy atom. The minimum atomic E-state index is -0.386. The fourth-order valence-electron chi connectivity index (χ4n) is 1.98. The van der Waals surface area contributed by atoms with E-state index in [1.165, 1.54) is 17.4 Å². The van der Waals surface area contributed by atoms with Crippen LogP contribution in [0.2, 0.25) is 0 Å². The van der Waals surface area contributed by atoms with Crippen molar-refractivity contribution in [3.05, 3.63) is 28.9 Å². The number of hydrogen-bond donors (Lipinski definition) is 2. The predicted octanol–water partition coefficient (Wildman–Crippen LogP) is 2.30. The molecule has 0 saturated heterocycles. The Kier molecular flexibility index (Phi) is 4.57. The molecule has 6 heteroatoms. The van der Waals surface area contributed by atoms with Crippen molar-refractivity contribution in [3.63, 3.8) is 0 Å². The average molecular weight is 295 g/mol. The highest BCUT2D eigenvalue weighted by atomic mass is 32.1. The Bertz CT molecular complexity index is 624. The summed E-state index contributed by atoms with van der Waals surface area (Å²) in [5, 5.41) is 3.16. The van der Waals surface area contributed by atoms with Crippen LogP contribution in [0, 0.1) is 5.82 Å². The van der Waals surface area contributed by atoms with Crippen LogP contribution >= 0.6 is 11.3 Å². The van der Waals surface area contributed by atoms with Gasteiger partial charge in [0.1, 0.15) is 10.7 Å². The number of nitrogens with one attached hydrogen (secondary N) is 1. The standard InChI is InChI=1S/C14H18FN3OS/c1-18(2)8-4-7-17-14(19)13-12(16)11-9(15)5-3-6-10(11)20-13/h3,5-6H,4,7-8,16H2,1-2H3,(H,17,19). The van der Waals surface area contributed by atoms with E-state index >= 15 is 0 Å². The third-order valence-corrected chi connectivity index (χ3v) is 4.14. The molecule has 0 atom stereocenters. The van der Waals surface area contributed by atoms with Crippen molar-refractivity contribution >= 4 is 33.0 Å². The Hall–Kier alpha value is -1.66. The number of thiophene rings is 1. The number of hydrogen-bond acceptors (Lipinski definition) is 4. The van der Waals surface area contributed by atoms with Crippen LogP contribution in [0.15, 0.2) is 18.2 Å². The highest BCUT2D eigenvalue weighted by Crippen LogP contribution is 2.35. The lowest BCUT2D eigenvalue weighted by atomic mass is 10.2. The highest BCUT2D eigenvalue weighted by Gasteiger charge is 2.18. The van der Waals surface area contributed by atoms with Crippen molar-refractivity contribution in [2.75, 3.05) is 32.9 Å². The van der Waals surface area contributed by atoms with Gasteiger partial charge < -0.3 is 16.0 Å². The number of amides is 1. The number of nitrogens with zero attached hydrogens (tertiary/aromatic N) is 1. The van der Waals surface area contributed by atoms with Crippen molar-refractivity contribution in [1.29, 1.82) is 0 Å². The summed E-state index contributed by atoms with van der Waals surface area (Å²) in [4.78, 5) is 14.5. The largest absolute Gasteiger partial charge is 0.397 e. The van der Waals surface area contributed by atoms with Gasteiger partial charge in [-0.1, -0.05) is 6.07 Å². The van der Waals surface area contributed by atoms with E-state index in [-0.39, 0.29) is 17.4 Å². The molecule has 4 nitrogen and oxygen atoms in total. The summed E-state index contributed by atoms with van der Waals surface area (Å²) >= 11 is 1.22. The number of anilines is 1. The maximum atomic E-state index is 13.7. The summed E-state index contributed by atoms with van der Waals surface area (Å²) < 4.78 is 14.4. The van der Waals surface area contributed by atoms with E-state index in [1.54, 1.807) is 12.1 Å². The molecule has 0 saturated carbocycles. The van der Waals surface area contributed by atoms with Crippen molar-refractivity contribution < 1.29 is 9.18 Å². The summed E-state index contributed by atoms with van der Waals surface area (Å²) in [5.41, 5.74) is 6.12. The molecule has 0 radical (unpaired) electrons. The maximum Gasteiger partial charge on any atom is 0.263 e. The van der Waals surface area contributed by atoms with E-state index in [9.17, 15) is 9.18 Å². The number of benzene rings is 1. The fraction of sp³-hybridized carbons (Fsp3) is 0.357. The number of halogens is 1. The quantitative estimate of drug-likeness (QED) is 0.832. The first-order chi connectivity index (χ1) is 9.50. The smallest absolute Gasteiger partial charge is 0.263 e. The van der Waals surface area contributed by atoms with Gasteiger partial charge in [0, 0.05) is 11.2 Å². The first-order valence-electron chi connectivity index (χ1n) is 6.40. The van der Waals surface area contributed by atoms with E-state index in [4.69, 9.17) is 5.73 Å². The summed E-state index contributed by atoms with van der Waals surface area (Å²) in [6.07, 6.45) is 0.859. The van der Waals surface area contributed by atoms with E-state index in [2.05, 4.69) is 10.2 Å². The molecule has 1 aromatic carbocycles. The normalized spacial score (nSPS) is 11.2. The topological polar surface area (TPSA) is 58.4 Å². The Labute approximate surface area is 121 Å². The number of carbonyl (C=O) groups is 1. The lowest BCUT2D eigenvalue weighted by Gasteiger charge is -2.09. The number of rotatable bonds is 5. The van der Waals surface area contributed by atoms with Crippen molar-refractivity contribution in [2.24, 2.45) is 0 Å². The highest BCUT2D eigenvalue weighted by molar-refractivity contribution is 7.21. The van der Waals surface area contributed by atoms with Gasteiger partial charge in [-0.05, 0) is 39.2 Å². The molecule has 2 rings (SSSR count). The van der Waals surface area contributed by atoms with E-state index < -0.39 is 0 Å². The lowest BCUT2D eigenvalue weighted by molar-refractivity contribution is 0.0957. The third kappa shape index (κ3) is 3.08. The van der Waals surface area contributed by atoms with Gasteiger partial charge >= 0.3 is 0 Å². The van der Waals surface area contributed by atoms with Crippen LogP contribution in [-0.2, 0) is 0 Å². The molecular weight excluding hydrogens is 277 g/mol. The monoisotopic (exact) mass is 295 g/mol. The molecule has 0 unspecified atom stereocenters. The number of carbonyl (C=O) groups excluding carboxylic acids is 1. The molecule has 0 bridgehead atoms. The minimum absolute atomic E-state index is 0.230. The molecule has 0 spiro atoms. The Morgan fingerprint density at radius 1 is 1.45 bits per heavy atom. The van der Waals surface area contributed by atoms with Crippen LogP contribution in [0.1, 0.15) is 16.1 Å². The molecule has 1 amide bonds. The van der Waals surface area contributed by atoms with E-state index in [0.717, 1.165) is 13.0 Å². The second-order valence-electron chi connectivity index (χ2n) is 4.87. The Balaban J connectivity index is 2.11. The zero-order chi connectivity index (χ0) is 14.7. The molecular formula is C14H18FN3OS. The molecule has 1 aromatic heterocycles. The fourth-order valence-corrected chi connectivity index (χ4v) is 3.03. The van der Waals surface area contributed by atoms with Crippen LogP contribution in [0.4, 0.5) is 10.1 Å². The molecule has 0 aliphatic heterocycles. The average Bonchev–Trinajstić information content (AvgIpc) is 2.73. The molecule has 0 aliphatic rings. The number of fused-ring (bicyclic) bond motifs is 1. The van der Waals surface area contributed by atoms with Gasteiger partial charge in [-0.3, -0.25) is 4.79 Å². The second-order valence-corrected chi connectivity index (χ2v) is 5.92.